The number of fused-ring (bicyclic) bond motifs is 1. The first-order chi connectivity index (χ1) is 16.9. The Bertz CT molecular complexity index is 1490. The lowest BCUT2D eigenvalue weighted by Crippen LogP contribution is -2.43. The summed E-state index contributed by atoms with van der Waals surface area (Å²) in [5, 5.41) is 0.702. The molecule has 1 aliphatic heterocycles. The van der Waals surface area contributed by atoms with Crippen molar-refractivity contribution in [2.24, 2.45) is 7.05 Å². The van der Waals surface area contributed by atoms with Gasteiger partial charge in [0.2, 0.25) is 0 Å². The molecule has 0 aliphatic carbocycles. The number of likely N-dealkylation sites (tertiary alicyclic amines) is 1. The number of amides is 1. The van der Waals surface area contributed by atoms with Gasteiger partial charge in [0.1, 0.15) is 11.3 Å². The number of benzene rings is 2. The van der Waals surface area contributed by atoms with Crippen LogP contribution in [-0.2, 0) is 7.05 Å². The van der Waals surface area contributed by atoms with Crippen molar-refractivity contribution in [2.45, 2.75) is 12.8 Å². The van der Waals surface area contributed by atoms with Crippen LogP contribution in [0.5, 0.6) is 5.75 Å². The Balaban J connectivity index is 1.39. The minimum absolute atomic E-state index is 0.358. The fraction of sp³-hybridized carbons (Fsp3) is 0.231. The predicted molar refractivity (Wildman–Crippen MR) is 136 cm³/mol. The smallest absolute Gasteiger partial charge is 0.338 e. The van der Waals surface area contributed by atoms with Crippen molar-refractivity contribution in [1.29, 1.82) is 0 Å². The number of piperidine rings is 1. The first-order valence-electron chi connectivity index (χ1n) is 11.3. The summed E-state index contributed by atoms with van der Waals surface area (Å²) in [7, 11) is 3.20. The minimum Gasteiger partial charge on any atom is -0.497 e. The van der Waals surface area contributed by atoms with Crippen LogP contribution in [0, 0.1) is 0 Å². The van der Waals surface area contributed by atoms with Gasteiger partial charge in [-0.1, -0.05) is 47.5 Å². The van der Waals surface area contributed by atoms with Crippen molar-refractivity contribution in [2.75, 3.05) is 20.2 Å². The van der Waals surface area contributed by atoms with Crippen molar-refractivity contribution in [3.63, 3.8) is 0 Å². The molecule has 1 amide bonds. The molecular weight excluding hydrogens is 466 g/mol. The van der Waals surface area contributed by atoms with Gasteiger partial charge in [-0.15, -0.1) is 0 Å². The van der Waals surface area contributed by atoms with Crippen molar-refractivity contribution in [3.8, 4) is 17.1 Å². The third kappa shape index (κ3) is 4.44. The number of carbonyl (C=O) groups is 1. The van der Waals surface area contributed by atoms with Gasteiger partial charge in [-0.3, -0.25) is 4.57 Å². The highest BCUT2D eigenvalue weighted by Gasteiger charge is 2.26. The number of hydrogen-bond donors (Lipinski definition) is 0. The molecule has 1 saturated heterocycles. The van der Waals surface area contributed by atoms with E-state index in [2.05, 4.69) is 16.0 Å². The molecule has 35 heavy (non-hydrogen) atoms. The number of nitrogens with zero attached hydrogens (tertiary/aromatic N) is 5. The topological polar surface area (TPSA) is 82.2 Å². The molecular formula is C26H24ClN5O3. The number of halogens is 1. The maximum absolute atomic E-state index is 13.4. The summed E-state index contributed by atoms with van der Waals surface area (Å²) in [6.07, 6.45) is 5.15. The fourth-order valence-corrected chi connectivity index (χ4v) is 4.39. The van der Waals surface area contributed by atoms with Crippen molar-refractivity contribution in [3.05, 3.63) is 81.4 Å². The van der Waals surface area contributed by atoms with E-state index in [1.165, 1.54) is 20.9 Å². The van der Waals surface area contributed by atoms with Gasteiger partial charge in [-0.25, -0.2) is 24.1 Å². The Kier molecular flexibility index (Phi) is 6.13. The van der Waals surface area contributed by atoms with Gasteiger partial charge in [0.25, 0.3) is 0 Å². The van der Waals surface area contributed by atoms with E-state index in [0.717, 1.165) is 24.0 Å². The number of aromatic nitrogens is 4. The molecule has 1 fully saturated rings. The summed E-state index contributed by atoms with van der Waals surface area (Å²) in [6.45, 7) is 1.06. The van der Waals surface area contributed by atoms with E-state index >= 15 is 0 Å². The Labute approximate surface area is 207 Å². The van der Waals surface area contributed by atoms with Gasteiger partial charge in [-0.2, -0.15) is 0 Å². The van der Waals surface area contributed by atoms with Gasteiger partial charge in [0, 0.05) is 30.7 Å². The molecule has 0 radical (unpaired) electrons. The van der Waals surface area contributed by atoms with Crippen LogP contribution in [-0.4, -0.2) is 50.2 Å². The van der Waals surface area contributed by atoms with E-state index in [-0.39, 0.29) is 6.03 Å². The van der Waals surface area contributed by atoms with E-state index in [9.17, 15) is 9.59 Å². The number of imidazole rings is 1. The number of rotatable bonds is 3. The Morgan fingerprint density at radius 2 is 1.86 bits per heavy atom. The summed E-state index contributed by atoms with van der Waals surface area (Å²) in [4.78, 5) is 37.1. The average molecular weight is 490 g/mol. The average Bonchev–Trinajstić information content (AvgIpc) is 3.14. The van der Waals surface area contributed by atoms with Gasteiger partial charge in [0.15, 0.2) is 11.5 Å². The van der Waals surface area contributed by atoms with Crippen LogP contribution in [0.3, 0.4) is 0 Å². The zero-order chi connectivity index (χ0) is 24.5. The molecule has 0 bridgehead atoms. The Morgan fingerprint density at radius 3 is 2.57 bits per heavy atom. The van der Waals surface area contributed by atoms with Crippen LogP contribution in [0.4, 0.5) is 4.79 Å². The molecule has 2 aromatic heterocycles. The molecule has 2 aromatic carbocycles. The van der Waals surface area contributed by atoms with Crippen molar-refractivity contribution in [1.82, 2.24) is 24.0 Å². The normalized spacial score (nSPS) is 13.8. The summed E-state index contributed by atoms with van der Waals surface area (Å²) in [5.74, 6) is 1.13. The van der Waals surface area contributed by atoms with Crippen LogP contribution in [0.25, 0.3) is 28.6 Å². The highest BCUT2D eigenvalue weighted by molar-refractivity contribution is 6.30. The minimum atomic E-state index is -0.440. The summed E-state index contributed by atoms with van der Waals surface area (Å²) >= 11 is 5.97. The van der Waals surface area contributed by atoms with E-state index < -0.39 is 5.69 Å². The molecule has 8 nitrogen and oxygen atoms in total. The quantitative estimate of drug-likeness (QED) is 0.420. The predicted octanol–water partition coefficient (Wildman–Crippen LogP) is 4.61. The summed E-state index contributed by atoms with van der Waals surface area (Å²) in [5.41, 5.74) is 3.44. The molecule has 0 spiro atoms. The number of ether oxygens (including phenoxy) is 1. The summed E-state index contributed by atoms with van der Waals surface area (Å²) in [6, 6.07) is 14.7. The third-order valence-corrected chi connectivity index (χ3v) is 6.48. The SMILES string of the molecule is COc1cccc(-c2ncc3c(n2)n(C)c(=O)n3C(=O)N2CCC(=Cc3ccc(Cl)cc3)CC2)c1. The van der Waals surface area contributed by atoms with Gasteiger partial charge >= 0.3 is 11.7 Å². The van der Waals surface area contributed by atoms with E-state index in [1.807, 2.05) is 48.5 Å². The fourth-order valence-electron chi connectivity index (χ4n) is 4.27. The second-order valence-electron chi connectivity index (χ2n) is 8.44. The van der Waals surface area contributed by atoms with Gasteiger partial charge < -0.3 is 9.64 Å². The molecule has 9 heteroatoms. The lowest BCUT2D eigenvalue weighted by Gasteiger charge is -2.28. The first kappa shape index (κ1) is 22.9. The standard InChI is InChI=1S/C26H24ClN5O3/c1-30-24-22(16-28-23(29-24)19-4-3-5-21(15-19)35-2)32(25(30)33)26(34)31-12-10-18(11-13-31)14-17-6-8-20(27)9-7-17/h3-9,14-16H,10-13H2,1-2H3. The monoisotopic (exact) mass is 489 g/mol. The lowest BCUT2D eigenvalue weighted by atomic mass is 10.0. The van der Waals surface area contributed by atoms with Crippen molar-refractivity contribution < 1.29 is 9.53 Å². The molecule has 4 aromatic rings. The lowest BCUT2D eigenvalue weighted by molar-refractivity contribution is 0.195. The zero-order valence-corrected chi connectivity index (χ0v) is 20.2. The van der Waals surface area contributed by atoms with E-state index in [0.29, 0.717) is 40.8 Å². The van der Waals surface area contributed by atoms with Crippen LogP contribution < -0.4 is 10.4 Å². The maximum Gasteiger partial charge on any atom is 0.338 e. The van der Waals surface area contributed by atoms with Gasteiger partial charge in [0.05, 0.1) is 13.3 Å². The number of carbonyl (C=O) groups excluding carboxylic acids is 1. The largest absolute Gasteiger partial charge is 0.497 e. The molecule has 0 atom stereocenters. The number of aryl methyl sites for hydroxylation is 1. The molecule has 178 valence electrons. The molecule has 0 unspecified atom stereocenters. The van der Waals surface area contributed by atoms with Crippen LogP contribution in [0.1, 0.15) is 18.4 Å². The Morgan fingerprint density at radius 1 is 1.11 bits per heavy atom. The molecule has 5 rings (SSSR count). The van der Waals surface area contributed by atoms with Crippen LogP contribution >= 0.6 is 11.6 Å². The third-order valence-electron chi connectivity index (χ3n) is 6.22. The first-order valence-corrected chi connectivity index (χ1v) is 11.7. The number of hydrogen-bond acceptors (Lipinski definition) is 5. The molecule has 0 N–H and O–H groups in total. The Hall–Kier alpha value is -3.91. The van der Waals surface area contributed by atoms with Crippen LogP contribution in [0.2, 0.25) is 5.02 Å². The second-order valence-corrected chi connectivity index (χ2v) is 8.87. The highest BCUT2D eigenvalue weighted by Crippen LogP contribution is 2.24. The summed E-state index contributed by atoms with van der Waals surface area (Å²) < 4.78 is 7.83. The number of methoxy groups -OCH3 is 1. The second kappa shape index (κ2) is 9.38. The molecule has 3 heterocycles. The molecule has 0 saturated carbocycles. The van der Waals surface area contributed by atoms with Crippen LogP contribution in [0.15, 0.2) is 65.1 Å². The zero-order valence-electron chi connectivity index (χ0n) is 19.4. The van der Waals surface area contributed by atoms with Gasteiger partial charge in [-0.05, 0) is 42.7 Å². The van der Waals surface area contributed by atoms with Crippen molar-refractivity contribution >= 4 is 34.9 Å². The van der Waals surface area contributed by atoms with E-state index in [1.54, 1.807) is 19.1 Å². The van der Waals surface area contributed by atoms with E-state index in [4.69, 9.17) is 16.3 Å². The molecule has 1 aliphatic rings. The highest BCUT2D eigenvalue weighted by atomic mass is 35.5. The maximum atomic E-state index is 13.4.